The first kappa shape index (κ1) is 18.3. The number of carbonyl (C=O) groups excluding carboxylic acids is 1. The zero-order valence-electron chi connectivity index (χ0n) is 17.0. The second-order valence-corrected chi connectivity index (χ2v) is 8.28. The highest BCUT2D eigenvalue weighted by molar-refractivity contribution is 6.02. The summed E-state index contributed by atoms with van der Waals surface area (Å²) in [4.78, 5) is 23.4. The van der Waals surface area contributed by atoms with Crippen molar-refractivity contribution in [3.63, 3.8) is 0 Å². The van der Waals surface area contributed by atoms with E-state index in [4.69, 9.17) is 24.9 Å². The minimum atomic E-state index is -0.403. The van der Waals surface area contributed by atoms with Crippen molar-refractivity contribution >= 4 is 11.7 Å². The number of nitrogens with two attached hydrogens (primary N) is 1. The molecule has 31 heavy (non-hydrogen) atoms. The van der Waals surface area contributed by atoms with Crippen LogP contribution in [-0.4, -0.2) is 54.0 Å². The van der Waals surface area contributed by atoms with Gasteiger partial charge in [-0.15, -0.1) is 0 Å². The van der Waals surface area contributed by atoms with Gasteiger partial charge in [-0.3, -0.25) is 4.79 Å². The second kappa shape index (κ2) is 7.04. The molecule has 9 heteroatoms. The van der Waals surface area contributed by atoms with E-state index < -0.39 is 6.04 Å². The molecular formula is C22H23N5O4. The molecule has 1 aromatic rings. The van der Waals surface area contributed by atoms with Gasteiger partial charge in [0.2, 0.25) is 5.91 Å². The molecule has 1 unspecified atom stereocenters. The predicted octanol–water partition coefficient (Wildman–Crippen LogP) is 1.18. The third kappa shape index (κ3) is 3.11. The average molecular weight is 421 g/mol. The largest absolute Gasteiger partial charge is 0.495 e. The highest BCUT2D eigenvalue weighted by Crippen LogP contribution is 2.40. The first-order valence-electron chi connectivity index (χ1n) is 10.6. The van der Waals surface area contributed by atoms with Crippen LogP contribution in [0.25, 0.3) is 0 Å². The Morgan fingerprint density at radius 2 is 2.16 bits per heavy atom. The molecule has 0 bridgehead atoms. The summed E-state index contributed by atoms with van der Waals surface area (Å²) in [6.45, 7) is 2.32. The quantitative estimate of drug-likeness (QED) is 0.734. The van der Waals surface area contributed by atoms with E-state index in [2.05, 4.69) is 15.2 Å². The molecule has 5 heterocycles. The molecule has 5 aliphatic rings. The van der Waals surface area contributed by atoms with Crippen LogP contribution < -0.4 is 20.5 Å². The first-order chi connectivity index (χ1) is 15.2. The molecule has 1 amide bonds. The zero-order valence-corrected chi connectivity index (χ0v) is 17.0. The van der Waals surface area contributed by atoms with Crippen molar-refractivity contribution in [3.05, 3.63) is 52.8 Å². The Labute approximate surface area is 179 Å². The van der Waals surface area contributed by atoms with Crippen molar-refractivity contribution in [2.24, 2.45) is 16.6 Å². The predicted molar refractivity (Wildman–Crippen MR) is 111 cm³/mol. The first-order valence-corrected chi connectivity index (χ1v) is 10.6. The number of amidine groups is 1. The van der Waals surface area contributed by atoms with Gasteiger partial charge in [0.15, 0.2) is 5.75 Å². The minimum absolute atomic E-state index is 0.279. The monoisotopic (exact) mass is 421 g/mol. The molecule has 1 aromatic heterocycles. The van der Waals surface area contributed by atoms with Gasteiger partial charge in [-0.1, -0.05) is 0 Å². The third-order valence-corrected chi connectivity index (χ3v) is 6.18. The molecule has 0 spiro atoms. The minimum Gasteiger partial charge on any atom is -0.495 e. The molecule has 3 N–H and O–H groups in total. The molecule has 1 saturated carbocycles. The summed E-state index contributed by atoms with van der Waals surface area (Å²) >= 11 is 0. The number of ether oxygens (including phenoxy) is 3. The second-order valence-electron chi connectivity index (χ2n) is 8.28. The fraction of sp³-hybridized carbons (Fsp3) is 0.409. The Balaban J connectivity index is 1.37. The summed E-state index contributed by atoms with van der Waals surface area (Å²) in [5.41, 5.74) is 10.5. The summed E-state index contributed by atoms with van der Waals surface area (Å²) < 4.78 is 17.1. The Hall–Kier alpha value is -3.49. The maximum Gasteiger partial charge on any atom is 0.257 e. The Morgan fingerprint density at radius 3 is 3.00 bits per heavy atom. The smallest absolute Gasteiger partial charge is 0.257 e. The fourth-order valence-electron chi connectivity index (χ4n) is 4.52. The van der Waals surface area contributed by atoms with Crippen molar-refractivity contribution in [1.29, 1.82) is 0 Å². The molecule has 1 atom stereocenters. The SMILES string of the molecule is NC(=O)C(NC1=COCC2=C3C1=CN=C(c1cnc4c(c1)OCCO4)N3CC2)C1CC1. The number of rotatable bonds is 5. The Kier molecular flexibility index (Phi) is 4.15. The van der Waals surface area contributed by atoms with Gasteiger partial charge >= 0.3 is 0 Å². The lowest BCUT2D eigenvalue weighted by Crippen LogP contribution is -2.43. The van der Waals surface area contributed by atoms with Gasteiger partial charge in [-0.2, -0.15) is 0 Å². The van der Waals surface area contributed by atoms with Crippen LogP contribution in [0.1, 0.15) is 24.8 Å². The number of pyridine rings is 1. The maximum absolute atomic E-state index is 12.0. The molecule has 1 aliphatic carbocycles. The summed E-state index contributed by atoms with van der Waals surface area (Å²) in [7, 11) is 0. The Morgan fingerprint density at radius 1 is 1.29 bits per heavy atom. The molecule has 160 valence electrons. The van der Waals surface area contributed by atoms with Gasteiger partial charge in [-0.05, 0) is 36.8 Å². The van der Waals surface area contributed by atoms with Crippen LogP contribution in [-0.2, 0) is 9.53 Å². The van der Waals surface area contributed by atoms with Crippen LogP contribution >= 0.6 is 0 Å². The van der Waals surface area contributed by atoms with Crippen molar-refractivity contribution < 1.29 is 19.0 Å². The number of fused-ring (bicyclic) bond motifs is 1. The molecule has 0 aromatic carbocycles. The van der Waals surface area contributed by atoms with Crippen molar-refractivity contribution in [2.75, 3.05) is 26.4 Å². The van der Waals surface area contributed by atoms with Crippen LogP contribution in [0.2, 0.25) is 0 Å². The molecule has 1 fully saturated rings. The fourth-order valence-corrected chi connectivity index (χ4v) is 4.52. The zero-order chi connectivity index (χ0) is 20.9. The van der Waals surface area contributed by atoms with E-state index in [9.17, 15) is 4.79 Å². The number of hydrogen-bond acceptors (Lipinski definition) is 8. The average Bonchev–Trinajstić information content (AvgIpc) is 3.56. The van der Waals surface area contributed by atoms with Crippen LogP contribution in [0.5, 0.6) is 11.6 Å². The highest BCUT2D eigenvalue weighted by Gasteiger charge is 2.39. The van der Waals surface area contributed by atoms with Crippen molar-refractivity contribution in [3.8, 4) is 11.6 Å². The number of hydrogen-bond donors (Lipinski definition) is 2. The van der Waals surface area contributed by atoms with Gasteiger partial charge in [0.1, 0.15) is 38.0 Å². The summed E-state index contributed by atoms with van der Waals surface area (Å²) in [5.74, 6) is 1.90. The van der Waals surface area contributed by atoms with Crippen LogP contribution in [0.3, 0.4) is 0 Å². The molecule has 0 radical (unpaired) electrons. The molecule has 0 saturated heterocycles. The summed E-state index contributed by atoms with van der Waals surface area (Å²) in [5, 5.41) is 3.34. The van der Waals surface area contributed by atoms with E-state index in [1.54, 1.807) is 12.5 Å². The normalized spacial score (nSPS) is 22.5. The van der Waals surface area contributed by atoms with Crippen LogP contribution in [0.4, 0.5) is 0 Å². The maximum atomic E-state index is 12.0. The summed E-state index contributed by atoms with van der Waals surface area (Å²) in [6.07, 6.45) is 8.18. The molecule has 4 aliphatic heterocycles. The number of nitrogens with zero attached hydrogens (tertiary/aromatic N) is 3. The van der Waals surface area contributed by atoms with Gasteiger partial charge in [0.25, 0.3) is 5.88 Å². The van der Waals surface area contributed by atoms with Gasteiger partial charge < -0.3 is 30.2 Å². The standard InChI is InChI=1S/C22H23N5O4/c23-20(28)18(12-1-2-12)26-16-11-29-10-13-3-4-27-19(13)15(16)9-24-21(27)14-7-17-22(25-8-14)31-6-5-30-17/h7-9,11-12,18,26H,1-6,10H2,(H2,23,28). The van der Waals surface area contributed by atoms with Gasteiger partial charge in [-0.25, -0.2) is 9.98 Å². The summed E-state index contributed by atoms with van der Waals surface area (Å²) in [6, 6.07) is 1.52. The molecular weight excluding hydrogens is 398 g/mol. The number of amides is 1. The number of aliphatic imine (C=N–C) groups is 1. The highest BCUT2D eigenvalue weighted by atomic mass is 16.6. The lowest BCUT2D eigenvalue weighted by Gasteiger charge is -2.30. The third-order valence-electron chi connectivity index (χ3n) is 6.18. The van der Waals surface area contributed by atoms with E-state index >= 15 is 0 Å². The van der Waals surface area contributed by atoms with E-state index in [0.29, 0.717) is 31.5 Å². The van der Waals surface area contributed by atoms with Crippen LogP contribution in [0, 0.1) is 5.92 Å². The van der Waals surface area contributed by atoms with Gasteiger partial charge in [0, 0.05) is 30.1 Å². The van der Waals surface area contributed by atoms with E-state index in [0.717, 1.165) is 54.2 Å². The number of aromatic nitrogens is 1. The number of primary amides is 1. The topological polar surface area (TPSA) is 111 Å². The Bertz CT molecular complexity index is 1090. The molecule has 9 nitrogen and oxygen atoms in total. The number of nitrogens with one attached hydrogen (secondary N) is 1. The van der Waals surface area contributed by atoms with Crippen molar-refractivity contribution in [2.45, 2.75) is 25.3 Å². The lowest BCUT2D eigenvalue weighted by molar-refractivity contribution is -0.120. The molecule has 6 rings (SSSR count). The van der Waals surface area contributed by atoms with E-state index in [-0.39, 0.29) is 11.8 Å². The van der Waals surface area contributed by atoms with Crippen LogP contribution in [0.15, 0.2) is 52.3 Å². The van der Waals surface area contributed by atoms with Crippen molar-refractivity contribution in [1.82, 2.24) is 15.2 Å². The number of carbonyl (C=O) groups is 1. The van der Waals surface area contributed by atoms with Gasteiger partial charge in [0.05, 0.1) is 11.4 Å². The van der Waals surface area contributed by atoms with E-state index in [1.807, 2.05) is 12.3 Å². The van der Waals surface area contributed by atoms with E-state index in [1.165, 1.54) is 5.57 Å². The lowest BCUT2D eigenvalue weighted by atomic mass is 10.0.